The van der Waals surface area contributed by atoms with Crippen molar-refractivity contribution in [3.63, 3.8) is 0 Å². The number of aromatic nitrogens is 1. The summed E-state index contributed by atoms with van der Waals surface area (Å²) in [4.78, 5) is 15.3. The van der Waals surface area contributed by atoms with Gasteiger partial charge in [0.2, 0.25) is 5.58 Å². The Kier molecular flexibility index (Phi) is 5.66. The lowest BCUT2D eigenvalue weighted by molar-refractivity contribution is -0.674. The Bertz CT molecular complexity index is 1200. The second kappa shape index (κ2) is 8.69. The summed E-state index contributed by atoms with van der Waals surface area (Å²) in [5.74, 6) is -0.559. The number of fused-ring (bicyclic) bond motifs is 1. The van der Waals surface area contributed by atoms with Gasteiger partial charge in [-0.15, -0.1) is 0 Å². The van der Waals surface area contributed by atoms with E-state index in [9.17, 15) is 9.18 Å². The molecule has 1 aromatic heterocycles. The third kappa shape index (κ3) is 4.60. The normalized spacial score (nSPS) is 11.4. The first-order chi connectivity index (χ1) is 14.6. The second-order valence-electron chi connectivity index (χ2n) is 6.93. The number of nitrogens with zero attached hydrogens (tertiary/aromatic N) is 2. The van der Waals surface area contributed by atoms with E-state index in [0.29, 0.717) is 24.4 Å². The van der Waals surface area contributed by atoms with Gasteiger partial charge in [-0.05, 0) is 23.8 Å². The van der Waals surface area contributed by atoms with Crippen molar-refractivity contribution in [2.24, 2.45) is 4.99 Å². The summed E-state index contributed by atoms with van der Waals surface area (Å²) in [6.07, 6.45) is 2.21. The van der Waals surface area contributed by atoms with Gasteiger partial charge in [-0.25, -0.2) is 4.39 Å². The topological polar surface area (TPSA) is 66.7 Å². The van der Waals surface area contributed by atoms with Crippen molar-refractivity contribution in [1.29, 1.82) is 0 Å². The standard InChI is InChI=1S/C24H19FN2O3/c25-19-10-11-21-22(15-19)30-23(12-13-26-20-4-2-1-3-5-20)27(21)16-18-8-6-17(7-9-18)14-24(28)29/h1-11,13,15H,12,14,16H2/p+1. The molecule has 0 aliphatic rings. The van der Waals surface area contributed by atoms with Crippen LogP contribution in [0.3, 0.4) is 0 Å². The zero-order valence-electron chi connectivity index (χ0n) is 16.2. The molecule has 0 saturated carbocycles. The highest BCUT2D eigenvalue weighted by atomic mass is 19.1. The number of halogens is 1. The van der Waals surface area contributed by atoms with Crippen LogP contribution in [-0.4, -0.2) is 17.3 Å². The molecule has 0 radical (unpaired) electrons. The van der Waals surface area contributed by atoms with Gasteiger partial charge < -0.3 is 9.52 Å². The van der Waals surface area contributed by atoms with Gasteiger partial charge in [0.15, 0.2) is 6.54 Å². The van der Waals surface area contributed by atoms with Gasteiger partial charge in [-0.1, -0.05) is 42.5 Å². The molecule has 3 aromatic carbocycles. The van der Waals surface area contributed by atoms with Crippen LogP contribution in [0.15, 0.2) is 82.2 Å². The zero-order valence-corrected chi connectivity index (χ0v) is 16.2. The average Bonchev–Trinajstić information content (AvgIpc) is 3.06. The molecule has 0 unspecified atom stereocenters. The fourth-order valence-electron chi connectivity index (χ4n) is 3.30. The van der Waals surface area contributed by atoms with Gasteiger partial charge in [0.1, 0.15) is 12.2 Å². The Labute approximate surface area is 172 Å². The lowest BCUT2D eigenvalue weighted by Gasteiger charge is -2.01. The van der Waals surface area contributed by atoms with Gasteiger partial charge >= 0.3 is 11.9 Å². The number of hydrogen-bond donors (Lipinski definition) is 1. The molecule has 1 N–H and O–H groups in total. The number of carboxylic acids is 1. The van der Waals surface area contributed by atoms with E-state index in [1.54, 1.807) is 12.3 Å². The molecule has 0 aliphatic heterocycles. The second-order valence-corrected chi connectivity index (χ2v) is 6.93. The minimum atomic E-state index is -0.861. The van der Waals surface area contributed by atoms with Gasteiger partial charge in [0.05, 0.1) is 12.1 Å². The third-order valence-corrected chi connectivity index (χ3v) is 4.72. The molecule has 5 nitrogen and oxygen atoms in total. The Morgan fingerprint density at radius 3 is 2.50 bits per heavy atom. The van der Waals surface area contributed by atoms with Crippen molar-refractivity contribution < 1.29 is 23.3 Å². The molecule has 0 fully saturated rings. The number of aliphatic imine (C=N–C) groups is 1. The fraction of sp³-hybridized carbons (Fsp3) is 0.125. The van der Waals surface area contributed by atoms with Crippen molar-refractivity contribution >= 4 is 29.0 Å². The molecular formula is C24H20FN2O3+. The SMILES string of the molecule is O=C(O)Cc1ccc(C[n+]2c(CC=Nc3ccccc3)oc3cc(F)ccc32)cc1. The van der Waals surface area contributed by atoms with Crippen LogP contribution in [0.5, 0.6) is 0 Å². The number of oxazole rings is 1. The van der Waals surface area contributed by atoms with E-state index >= 15 is 0 Å². The lowest BCUT2D eigenvalue weighted by Crippen LogP contribution is -2.37. The van der Waals surface area contributed by atoms with E-state index in [0.717, 1.165) is 22.3 Å². The molecule has 0 bridgehead atoms. The van der Waals surface area contributed by atoms with Crippen LogP contribution in [0, 0.1) is 5.82 Å². The lowest BCUT2D eigenvalue weighted by atomic mass is 10.1. The van der Waals surface area contributed by atoms with E-state index in [1.807, 2.05) is 59.2 Å². The molecular weight excluding hydrogens is 383 g/mol. The van der Waals surface area contributed by atoms with Crippen LogP contribution in [0.1, 0.15) is 17.0 Å². The smallest absolute Gasteiger partial charge is 0.353 e. The number of rotatable bonds is 7. The summed E-state index contributed by atoms with van der Waals surface area (Å²) < 4.78 is 21.6. The maximum absolute atomic E-state index is 13.7. The van der Waals surface area contributed by atoms with Crippen LogP contribution in [-0.2, 0) is 24.2 Å². The van der Waals surface area contributed by atoms with E-state index in [-0.39, 0.29) is 12.2 Å². The quantitative estimate of drug-likeness (QED) is 0.365. The first kappa shape index (κ1) is 19.5. The zero-order chi connectivity index (χ0) is 20.9. The molecule has 0 spiro atoms. The molecule has 6 heteroatoms. The highest BCUT2D eigenvalue weighted by molar-refractivity contribution is 5.71. The van der Waals surface area contributed by atoms with Crippen LogP contribution in [0.2, 0.25) is 0 Å². The molecule has 4 aromatic rings. The number of aliphatic carboxylic acids is 1. The summed E-state index contributed by atoms with van der Waals surface area (Å²) >= 11 is 0. The highest BCUT2D eigenvalue weighted by Crippen LogP contribution is 2.17. The van der Waals surface area contributed by atoms with Crippen LogP contribution < -0.4 is 4.57 Å². The average molecular weight is 403 g/mol. The summed E-state index contributed by atoms with van der Waals surface area (Å²) in [6.45, 7) is 0.514. The molecule has 4 rings (SSSR count). The third-order valence-electron chi connectivity index (χ3n) is 4.72. The molecule has 1 heterocycles. The first-order valence-corrected chi connectivity index (χ1v) is 9.56. The van der Waals surface area contributed by atoms with Crippen LogP contribution >= 0.6 is 0 Å². The fourth-order valence-corrected chi connectivity index (χ4v) is 3.30. The monoisotopic (exact) mass is 403 g/mol. The van der Waals surface area contributed by atoms with Crippen molar-refractivity contribution in [2.45, 2.75) is 19.4 Å². The summed E-state index contributed by atoms with van der Waals surface area (Å²) in [5, 5.41) is 8.93. The maximum Gasteiger partial charge on any atom is 0.353 e. The minimum absolute atomic E-state index is 0.0114. The van der Waals surface area contributed by atoms with Crippen molar-refractivity contribution in [3.05, 3.63) is 95.6 Å². The highest BCUT2D eigenvalue weighted by Gasteiger charge is 2.22. The molecule has 0 saturated heterocycles. The molecule has 0 amide bonds. The number of para-hydroxylation sites is 1. The first-order valence-electron chi connectivity index (χ1n) is 9.56. The van der Waals surface area contributed by atoms with Gasteiger partial charge in [0.25, 0.3) is 5.52 Å². The van der Waals surface area contributed by atoms with Gasteiger partial charge in [0, 0.05) is 23.9 Å². The minimum Gasteiger partial charge on any atom is -0.481 e. The predicted molar refractivity (Wildman–Crippen MR) is 112 cm³/mol. The van der Waals surface area contributed by atoms with E-state index in [1.165, 1.54) is 12.1 Å². The Balaban J connectivity index is 1.62. The number of hydrogen-bond acceptors (Lipinski definition) is 3. The Hall–Kier alpha value is -3.80. The Morgan fingerprint density at radius 1 is 1.03 bits per heavy atom. The largest absolute Gasteiger partial charge is 0.481 e. The number of carbonyl (C=O) groups is 1. The van der Waals surface area contributed by atoms with E-state index < -0.39 is 5.97 Å². The number of carboxylic acid groups (broad SMARTS) is 1. The molecule has 30 heavy (non-hydrogen) atoms. The summed E-state index contributed by atoms with van der Waals surface area (Å²) in [7, 11) is 0. The Morgan fingerprint density at radius 2 is 1.77 bits per heavy atom. The van der Waals surface area contributed by atoms with Crippen molar-refractivity contribution in [3.8, 4) is 0 Å². The van der Waals surface area contributed by atoms with E-state index in [2.05, 4.69) is 4.99 Å². The summed E-state index contributed by atoms with van der Waals surface area (Å²) in [6, 6.07) is 21.5. The predicted octanol–water partition coefficient (Wildman–Crippen LogP) is 4.48. The van der Waals surface area contributed by atoms with Crippen LogP contribution in [0.25, 0.3) is 11.1 Å². The molecule has 0 atom stereocenters. The van der Waals surface area contributed by atoms with Crippen LogP contribution in [0.4, 0.5) is 10.1 Å². The van der Waals surface area contributed by atoms with E-state index in [4.69, 9.17) is 9.52 Å². The number of benzene rings is 3. The molecule has 0 aliphatic carbocycles. The van der Waals surface area contributed by atoms with Gasteiger partial charge in [-0.2, -0.15) is 4.57 Å². The molecule has 150 valence electrons. The van der Waals surface area contributed by atoms with Crippen molar-refractivity contribution in [2.75, 3.05) is 0 Å². The van der Waals surface area contributed by atoms with Gasteiger partial charge in [-0.3, -0.25) is 9.79 Å². The maximum atomic E-state index is 13.7. The van der Waals surface area contributed by atoms with Crippen molar-refractivity contribution in [1.82, 2.24) is 0 Å². The summed E-state index contributed by atoms with van der Waals surface area (Å²) in [5.41, 5.74) is 3.84.